The number of nitrogens with one attached hydrogen (secondary N) is 2. The number of aliphatic imine (C=N–C) groups is 1. The van der Waals surface area contributed by atoms with Gasteiger partial charge in [0.15, 0.2) is 5.96 Å². The van der Waals surface area contributed by atoms with Crippen LogP contribution in [0.4, 0.5) is 0 Å². The fourth-order valence-electron chi connectivity index (χ4n) is 2.96. The normalized spacial score (nSPS) is 15.3. The van der Waals surface area contributed by atoms with Crippen LogP contribution in [0.3, 0.4) is 0 Å². The highest BCUT2D eigenvalue weighted by molar-refractivity contribution is 5.79. The molecule has 0 spiro atoms. The van der Waals surface area contributed by atoms with Gasteiger partial charge in [0.1, 0.15) is 12.4 Å². The predicted octanol–water partition coefficient (Wildman–Crippen LogP) is 1.08. The standard InChI is InChI=1S/C20H31N5O2/c1-4-15-27-19-8-6-5-7-18(19)16-23-20(21-3)22-9-10-24-11-13-25(14-12-24)17(2)26/h4-8H,1,9-16H2,2-3H3,(H2,21,22,23). The van der Waals surface area contributed by atoms with Gasteiger partial charge in [-0.05, 0) is 6.07 Å². The summed E-state index contributed by atoms with van der Waals surface area (Å²) < 4.78 is 5.69. The van der Waals surface area contributed by atoms with Gasteiger partial charge in [-0.3, -0.25) is 14.7 Å². The Morgan fingerprint density at radius 2 is 2.00 bits per heavy atom. The molecule has 2 N–H and O–H groups in total. The zero-order chi connectivity index (χ0) is 19.5. The molecule has 0 aliphatic carbocycles. The summed E-state index contributed by atoms with van der Waals surface area (Å²) in [5, 5.41) is 6.67. The Kier molecular flexibility index (Phi) is 8.64. The van der Waals surface area contributed by atoms with Crippen molar-refractivity contribution in [1.82, 2.24) is 20.4 Å². The predicted molar refractivity (Wildman–Crippen MR) is 109 cm³/mol. The molecule has 0 aromatic heterocycles. The molecule has 1 aromatic carbocycles. The highest BCUT2D eigenvalue weighted by Gasteiger charge is 2.17. The fraction of sp³-hybridized carbons (Fsp3) is 0.500. The maximum absolute atomic E-state index is 11.4. The molecule has 0 unspecified atom stereocenters. The second kappa shape index (κ2) is 11.2. The molecule has 1 aliphatic heterocycles. The first-order chi connectivity index (χ1) is 13.1. The summed E-state index contributed by atoms with van der Waals surface area (Å²) in [6.07, 6.45) is 1.74. The zero-order valence-electron chi connectivity index (χ0n) is 16.4. The summed E-state index contributed by atoms with van der Waals surface area (Å²) in [6, 6.07) is 7.94. The van der Waals surface area contributed by atoms with Gasteiger partial charge in [0, 0.05) is 65.3 Å². The number of nitrogens with zero attached hydrogens (tertiary/aromatic N) is 3. The van der Waals surface area contributed by atoms with Gasteiger partial charge < -0.3 is 20.3 Å². The van der Waals surface area contributed by atoms with Gasteiger partial charge in [-0.2, -0.15) is 0 Å². The summed E-state index contributed by atoms with van der Waals surface area (Å²) in [6.45, 7) is 11.6. The largest absolute Gasteiger partial charge is 0.489 e. The molecule has 0 atom stereocenters. The van der Waals surface area contributed by atoms with Crippen LogP contribution in [-0.2, 0) is 11.3 Å². The highest BCUT2D eigenvalue weighted by Crippen LogP contribution is 2.17. The molecule has 1 aromatic rings. The first-order valence-electron chi connectivity index (χ1n) is 9.38. The molecule has 0 saturated carbocycles. The number of guanidine groups is 1. The minimum absolute atomic E-state index is 0.162. The topological polar surface area (TPSA) is 69.2 Å². The lowest BCUT2D eigenvalue weighted by Gasteiger charge is -2.34. The van der Waals surface area contributed by atoms with Crippen LogP contribution in [0.25, 0.3) is 0 Å². The van der Waals surface area contributed by atoms with Crippen molar-refractivity contribution in [3.63, 3.8) is 0 Å². The van der Waals surface area contributed by atoms with Gasteiger partial charge in [0.05, 0.1) is 0 Å². The van der Waals surface area contributed by atoms with E-state index < -0.39 is 0 Å². The highest BCUT2D eigenvalue weighted by atomic mass is 16.5. The number of hydrogen-bond acceptors (Lipinski definition) is 4. The van der Waals surface area contributed by atoms with Crippen LogP contribution in [0.15, 0.2) is 41.9 Å². The third-order valence-corrected chi connectivity index (χ3v) is 4.54. The lowest BCUT2D eigenvalue weighted by atomic mass is 10.2. The minimum atomic E-state index is 0.162. The summed E-state index contributed by atoms with van der Waals surface area (Å²) in [4.78, 5) is 19.9. The van der Waals surface area contributed by atoms with E-state index in [9.17, 15) is 4.79 Å². The van der Waals surface area contributed by atoms with Crippen molar-refractivity contribution in [1.29, 1.82) is 0 Å². The van der Waals surface area contributed by atoms with Gasteiger partial charge in [-0.1, -0.05) is 30.9 Å². The van der Waals surface area contributed by atoms with Crippen LogP contribution < -0.4 is 15.4 Å². The van der Waals surface area contributed by atoms with Crippen molar-refractivity contribution >= 4 is 11.9 Å². The number of benzene rings is 1. The smallest absolute Gasteiger partial charge is 0.219 e. The van der Waals surface area contributed by atoms with Gasteiger partial charge in [0.2, 0.25) is 5.91 Å². The fourth-order valence-corrected chi connectivity index (χ4v) is 2.96. The van der Waals surface area contributed by atoms with E-state index in [1.807, 2.05) is 29.2 Å². The van der Waals surface area contributed by atoms with Crippen molar-refractivity contribution in [2.75, 3.05) is 52.9 Å². The number of para-hydroxylation sites is 1. The summed E-state index contributed by atoms with van der Waals surface area (Å²) in [7, 11) is 1.76. The molecule has 1 saturated heterocycles. The Morgan fingerprint density at radius 1 is 1.26 bits per heavy atom. The van der Waals surface area contributed by atoms with E-state index >= 15 is 0 Å². The van der Waals surface area contributed by atoms with Crippen molar-refractivity contribution in [3.05, 3.63) is 42.5 Å². The van der Waals surface area contributed by atoms with E-state index in [1.165, 1.54) is 0 Å². The van der Waals surface area contributed by atoms with E-state index in [4.69, 9.17) is 4.74 Å². The Balaban J connectivity index is 1.72. The number of amides is 1. The number of hydrogen-bond donors (Lipinski definition) is 2. The molecule has 148 valence electrons. The maximum Gasteiger partial charge on any atom is 0.219 e. The SMILES string of the molecule is C=CCOc1ccccc1CNC(=NC)NCCN1CCN(C(C)=O)CC1. The lowest BCUT2D eigenvalue weighted by Crippen LogP contribution is -2.50. The average molecular weight is 374 g/mol. The molecule has 0 bridgehead atoms. The van der Waals surface area contributed by atoms with Crippen LogP contribution in [0, 0.1) is 0 Å². The van der Waals surface area contributed by atoms with Crippen LogP contribution in [-0.4, -0.2) is 74.6 Å². The van der Waals surface area contributed by atoms with E-state index in [1.54, 1.807) is 20.0 Å². The van der Waals surface area contributed by atoms with E-state index in [0.29, 0.717) is 13.2 Å². The van der Waals surface area contributed by atoms with Crippen molar-refractivity contribution in [3.8, 4) is 5.75 Å². The first-order valence-corrected chi connectivity index (χ1v) is 9.38. The van der Waals surface area contributed by atoms with Gasteiger partial charge in [-0.15, -0.1) is 0 Å². The van der Waals surface area contributed by atoms with Crippen LogP contribution in [0.1, 0.15) is 12.5 Å². The van der Waals surface area contributed by atoms with E-state index in [0.717, 1.165) is 56.5 Å². The summed E-state index contributed by atoms with van der Waals surface area (Å²) in [5.74, 6) is 1.77. The first kappa shape index (κ1) is 20.8. The zero-order valence-corrected chi connectivity index (χ0v) is 16.4. The van der Waals surface area contributed by atoms with Crippen LogP contribution in [0.5, 0.6) is 5.75 Å². The molecule has 1 aliphatic rings. The average Bonchev–Trinajstić information content (AvgIpc) is 2.70. The second-order valence-electron chi connectivity index (χ2n) is 6.41. The molecule has 7 nitrogen and oxygen atoms in total. The Hall–Kier alpha value is -2.54. The second-order valence-corrected chi connectivity index (χ2v) is 6.41. The molecule has 27 heavy (non-hydrogen) atoms. The van der Waals surface area contributed by atoms with E-state index in [-0.39, 0.29) is 5.91 Å². The Labute approximate surface area is 162 Å². The summed E-state index contributed by atoms with van der Waals surface area (Å²) >= 11 is 0. The maximum atomic E-state index is 11.4. The number of rotatable bonds is 8. The Bertz CT molecular complexity index is 639. The molecule has 2 rings (SSSR count). The molecule has 0 radical (unpaired) electrons. The quantitative estimate of drug-likeness (QED) is 0.405. The third kappa shape index (κ3) is 6.94. The van der Waals surface area contributed by atoms with E-state index in [2.05, 4.69) is 27.1 Å². The third-order valence-electron chi connectivity index (χ3n) is 4.54. The monoisotopic (exact) mass is 373 g/mol. The number of carbonyl (C=O) groups excluding carboxylic acids is 1. The van der Waals surface area contributed by atoms with Crippen LogP contribution in [0.2, 0.25) is 0 Å². The Morgan fingerprint density at radius 3 is 2.67 bits per heavy atom. The molecule has 7 heteroatoms. The van der Waals surface area contributed by atoms with Gasteiger partial charge in [-0.25, -0.2) is 0 Å². The van der Waals surface area contributed by atoms with Gasteiger partial charge >= 0.3 is 0 Å². The van der Waals surface area contributed by atoms with Crippen molar-refractivity contribution < 1.29 is 9.53 Å². The van der Waals surface area contributed by atoms with Gasteiger partial charge in [0.25, 0.3) is 0 Å². The molecule has 1 amide bonds. The lowest BCUT2D eigenvalue weighted by molar-refractivity contribution is -0.130. The number of carbonyl (C=O) groups is 1. The molecular weight excluding hydrogens is 342 g/mol. The summed E-state index contributed by atoms with van der Waals surface area (Å²) in [5.41, 5.74) is 1.07. The van der Waals surface area contributed by atoms with Crippen molar-refractivity contribution in [2.45, 2.75) is 13.5 Å². The molecular formula is C20H31N5O2. The van der Waals surface area contributed by atoms with Crippen molar-refractivity contribution in [2.24, 2.45) is 4.99 Å². The molecule has 1 fully saturated rings. The number of piperazine rings is 1. The molecule has 1 heterocycles. The van der Waals surface area contributed by atoms with Crippen LogP contribution >= 0.6 is 0 Å². The minimum Gasteiger partial charge on any atom is -0.489 e. The number of ether oxygens (including phenoxy) is 1.